The van der Waals surface area contributed by atoms with Crippen molar-refractivity contribution in [3.63, 3.8) is 0 Å². The van der Waals surface area contributed by atoms with E-state index in [4.69, 9.17) is 25.8 Å². The van der Waals surface area contributed by atoms with Crippen LogP contribution >= 0.6 is 11.6 Å². The van der Waals surface area contributed by atoms with Gasteiger partial charge in [-0.05, 0) is 68.1 Å². The third-order valence-corrected chi connectivity index (χ3v) is 8.09. The van der Waals surface area contributed by atoms with Gasteiger partial charge < -0.3 is 30.2 Å². The highest BCUT2D eigenvalue weighted by Crippen LogP contribution is 2.34. The Bertz CT molecular complexity index is 1850. The lowest BCUT2D eigenvalue weighted by Crippen LogP contribution is -2.56. The third-order valence-electron chi connectivity index (χ3n) is 7.76. The Labute approximate surface area is 319 Å². The number of rotatable bonds is 16. The first-order valence-corrected chi connectivity index (χ1v) is 17.1. The minimum atomic E-state index is -5.31. The number of benzene rings is 3. The average molecular weight is 798 g/mol. The molecule has 0 heterocycles. The Morgan fingerprint density at radius 3 is 1.98 bits per heavy atom. The average Bonchev–Trinajstić information content (AvgIpc) is 3.10. The zero-order valence-corrected chi connectivity index (χ0v) is 31.4. The highest BCUT2D eigenvalue weighted by molar-refractivity contribution is 6.31. The molecule has 0 aliphatic heterocycles. The van der Waals surface area contributed by atoms with Crippen LogP contribution in [0, 0.1) is 5.92 Å². The molecule has 3 rings (SSSR count). The molecule has 55 heavy (non-hydrogen) atoms. The summed E-state index contributed by atoms with van der Waals surface area (Å²) in [6, 6.07) is 10.0. The van der Waals surface area contributed by atoms with Crippen LogP contribution < -0.4 is 25.4 Å². The molecule has 3 aromatic carbocycles. The molecular weight excluding hydrogens is 757 g/mol. The molecular formula is C38H41ClF5N3O8. The summed E-state index contributed by atoms with van der Waals surface area (Å²) in [7, 11) is 1.35. The van der Waals surface area contributed by atoms with Gasteiger partial charge in [0.2, 0.25) is 11.8 Å². The normalized spacial score (nSPS) is 13.5. The summed E-state index contributed by atoms with van der Waals surface area (Å²) in [6.45, 7) is 7.02. The first kappa shape index (κ1) is 44.1. The first-order chi connectivity index (χ1) is 25.5. The van der Waals surface area contributed by atoms with E-state index < -0.39 is 94.8 Å². The molecule has 0 bridgehead atoms. The monoisotopic (exact) mass is 797 g/mol. The summed E-state index contributed by atoms with van der Waals surface area (Å²) in [5, 5.41) is 5.95. The van der Waals surface area contributed by atoms with Crippen LogP contribution in [0.4, 0.5) is 22.0 Å². The lowest BCUT2D eigenvalue weighted by Gasteiger charge is -2.28. The van der Waals surface area contributed by atoms with E-state index in [-0.39, 0.29) is 16.9 Å². The fraction of sp³-hybridized carbons (Fsp3) is 0.395. The van der Waals surface area contributed by atoms with Gasteiger partial charge >= 0.3 is 18.1 Å². The maximum atomic E-state index is 15.6. The number of Topliss-reactive ketones (excluding diaryl/α,β-unsaturated/α-hetero) is 1. The molecule has 0 aliphatic rings. The SMILES string of the molecule is COc1ccc([C@H](NC(=O)[C@H](Cc2cccc(OCC(=O)OC(C)(C)C)c2)NC(=O)C(F)(F)c2ccccc2Cl)C(=O)N[C@H](C(=O)C(F)(F)F)C(C)C)cc1. The summed E-state index contributed by atoms with van der Waals surface area (Å²) in [4.78, 5) is 65.4. The van der Waals surface area contributed by atoms with E-state index in [1.54, 1.807) is 20.8 Å². The lowest BCUT2D eigenvalue weighted by molar-refractivity contribution is -0.175. The predicted molar refractivity (Wildman–Crippen MR) is 190 cm³/mol. The number of hydrogen-bond donors (Lipinski definition) is 3. The van der Waals surface area contributed by atoms with Crippen molar-refractivity contribution < 1.29 is 60.1 Å². The van der Waals surface area contributed by atoms with Gasteiger partial charge in [0.05, 0.1) is 18.2 Å². The van der Waals surface area contributed by atoms with E-state index >= 15 is 8.78 Å². The Kier molecular flexibility index (Phi) is 14.8. The van der Waals surface area contributed by atoms with Crippen molar-refractivity contribution in [3.8, 4) is 11.5 Å². The second kappa shape index (κ2) is 18.4. The summed E-state index contributed by atoms with van der Waals surface area (Å²) < 4.78 is 87.3. The molecule has 3 amide bonds. The quantitative estimate of drug-likeness (QED) is 0.118. The first-order valence-electron chi connectivity index (χ1n) is 16.8. The van der Waals surface area contributed by atoms with Gasteiger partial charge in [0.25, 0.3) is 11.7 Å². The van der Waals surface area contributed by atoms with Gasteiger partial charge in [0.1, 0.15) is 29.2 Å². The molecule has 0 fully saturated rings. The Hall–Kier alpha value is -5.25. The van der Waals surface area contributed by atoms with Gasteiger partial charge in [-0.15, -0.1) is 0 Å². The van der Waals surface area contributed by atoms with Crippen LogP contribution in [0.1, 0.15) is 57.4 Å². The van der Waals surface area contributed by atoms with E-state index in [0.29, 0.717) is 5.75 Å². The van der Waals surface area contributed by atoms with Gasteiger partial charge in [0, 0.05) is 12.0 Å². The van der Waals surface area contributed by atoms with Crippen molar-refractivity contribution >= 4 is 41.1 Å². The van der Waals surface area contributed by atoms with Gasteiger partial charge in [-0.25, -0.2) is 4.79 Å². The number of ether oxygens (including phenoxy) is 3. The minimum Gasteiger partial charge on any atom is -0.497 e. The highest BCUT2D eigenvalue weighted by Gasteiger charge is 2.46. The largest absolute Gasteiger partial charge is 0.497 e. The van der Waals surface area contributed by atoms with Gasteiger partial charge in [-0.3, -0.25) is 19.2 Å². The Balaban J connectivity index is 2.02. The number of amides is 3. The van der Waals surface area contributed by atoms with Crippen LogP contribution in [0.25, 0.3) is 0 Å². The molecule has 0 radical (unpaired) electrons. The fourth-order valence-electron chi connectivity index (χ4n) is 5.09. The van der Waals surface area contributed by atoms with E-state index in [0.717, 1.165) is 12.1 Å². The summed E-state index contributed by atoms with van der Waals surface area (Å²) >= 11 is 5.96. The number of carbonyl (C=O) groups excluding carboxylic acids is 5. The molecule has 0 unspecified atom stereocenters. The number of alkyl halides is 5. The highest BCUT2D eigenvalue weighted by atomic mass is 35.5. The number of esters is 1. The van der Waals surface area contributed by atoms with Crippen LogP contribution in [0.5, 0.6) is 11.5 Å². The maximum Gasteiger partial charge on any atom is 0.452 e. The van der Waals surface area contributed by atoms with Crippen molar-refractivity contribution in [1.29, 1.82) is 0 Å². The topological polar surface area (TPSA) is 149 Å². The van der Waals surface area contributed by atoms with Crippen LogP contribution in [-0.2, 0) is 41.1 Å². The van der Waals surface area contributed by atoms with Crippen molar-refractivity contribution in [1.82, 2.24) is 16.0 Å². The zero-order valence-electron chi connectivity index (χ0n) is 30.7. The van der Waals surface area contributed by atoms with E-state index in [1.165, 1.54) is 81.6 Å². The van der Waals surface area contributed by atoms with E-state index in [1.807, 2.05) is 5.32 Å². The molecule has 0 saturated heterocycles. The number of ketones is 1. The number of hydrogen-bond acceptors (Lipinski definition) is 8. The van der Waals surface area contributed by atoms with Crippen LogP contribution in [0.3, 0.4) is 0 Å². The molecule has 0 spiro atoms. The lowest BCUT2D eigenvalue weighted by atomic mass is 9.97. The minimum absolute atomic E-state index is 0.00220. The Morgan fingerprint density at radius 2 is 1.42 bits per heavy atom. The molecule has 3 aromatic rings. The molecule has 298 valence electrons. The zero-order chi connectivity index (χ0) is 41.3. The molecule has 3 atom stereocenters. The molecule has 0 aromatic heterocycles. The maximum absolute atomic E-state index is 15.6. The van der Waals surface area contributed by atoms with Crippen LogP contribution in [-0.4, -0.2) is 67.1 Å². The van der Waals surface area contributed by atoms with Crippen molar-refractivity contribution in [2.45, 2.75) is 76.9 Å². The predicted octanol–water partition coefficient (Wildman–Crippen LogP) is 6.02. The smallest absolute Gasteiger partial charge is 0.452 e. The summed E-state index contributed by atoms with van der Waals surface area (Å²) in [6.07, 6.45) is -5.81. The summed E-state index contributed by atoms with van der Waals surface area (Å²) in [5.41, 5.74) is -1.44. The van der Waals surface area contributed by atoms with Crippen molar-refractivity contribution in [2.24, 2.45) is 5.92 Å². The molecule has 0 aliphatic carbocycles. The van der Waals surface area contributed by atoms with Gasteiger partial charge in [-0.1, -0.05) is 67.9 Å². The van der Waals surface area contributed by atoms with Crippen molar-refractivity contribution in [3.05, 3.63) is 94.5 Å². The van der Waals surface area contributed by atoms with E-state index in [9.17, 15) is 37.1 Å². The second-order valence-electron chi connectivity index (χ2n) is 13.6. The fourth-order valence-corrected chi connectivity index (χ4v) is 5.35. The van der Waals surface area contributed by atoms with Crippen molar-refractivity contribution in [2.75, 3.05) is 13.7 Å². The molecule has 17 heteroatoms. The number of methoxy groups -OCH3 is 1. The number of nitrogens with one attached hydrogen (secondary N) is 3. The Morgan fingerprint density at radius 1 is 0.782 bits per heavy atom. The standard InChI is InChI=1S/C38H41ClF5N3O8/c1-21(2)30(32(49)38(42,43)44)46-34(51)31(23-14-16-24(53-6)17-15-23)47-33(50)28(45-35(52)37(40,41)26-12-7-8-13-27(26)39)19-22-10-9-11-25(18-22)54-20-29(48)55-36(3,4)5/h7-18,21,28,30-31H,19-20H2,1-6H3,(H,45,52)(H,46,51)(H,47,50)/t28-,30-,31-/m0/s1. The summed E-state index contributed by atoms with van der Waals surface area (Å²) in [5.74, 6) is -12.2. The van der Waals surface area contributed by atoms with E-state index in [2.05, 4.69) is 10.6 Å². The second-order valence-corrected chi connectivity index (χ2v) is 14.0. The third kappa shape index (κ3) is 12.7. The molecule has 0 saturated carbocycles. The molecule has 3 N–H and O–H groups in total. The van der Waals surface area contributed by atoms with Gasteiger partial charge in [0.15, 0.2) is 6.61 Å². The van der Waals surface area contributed by atoms with Gasteiger partial charge in [-0.2, -0.15) is 22.0 Å². The number of carbonyl (C=O) groups is 5. The molecule has 11 nitrogen and oxygen atoms in total. The van der Waals surface area contributed by atoms with Crippen LogP contribution in [0.15, 0.2) is 72.8 Å². The number of halogens is 6. The van der Waals surface area contributed by atoms with Crippen LogP contribution in [0.2, 0.25) is 5.02 Å².